The number of hydrogen-bond donors (Lipinski definition) is 1. The zero-order valence-corrected chi connectivity index (χ0v) is 13.1. The molecule has 0 bridgehead atoms. The molecule has 3 rings (SSSR count). The lowest BCUT2D eigenvalue weighted by Gasteiger charge is -2.44. The van der Waals surface area contributed by atoms with Gasteiger partial charge in [-0.3, -0.25) is 4.79 Å². The molecule has 0 radical (unpaired) electrons. The summed E-state index contributed by atoms with van der Waals surface area (Å²) in [7, 11) is 0. The molecule has 1 amide bonds. The van der Waals surface area contributed by atoms with Crippen LogP contribution in [0.25, 0.3) is 6.08 Å². The number of amides is 1. The molecule has 1 aromatic rings. The number of carbonyl (C=O) groups excluding carboxylic acids is 1. The molecule has 3 nitrogen and oxygen atoms in total. The van der Waals surface area contributed by atoms with Gasteiger partial charge in [0, 0.05) is 18.4 Å². The first-order valence-corrected chi connectivity index (χ1v) is 8.43. The van der Waals surface area contributed by atoms with Crippen molar-refractivity contribution in [3.05, 3.63) is 42.0 Å². The van der Waals surface area contributed by atoms with E-state index in [1.165, 1.54) is 6.42 Å². The summed E-state index contributed by atoms with van der Waals surface area (Å²) in [4.78, 5) is 14.2. The summed E-state index contributed by atoms with van der Waals surface area (Å²) in [6.07, 6.45) is 8.01. The highest BCUT2D eigenvalue weighted by Gasteiger charge is 2.39. The minimum Gasteiger partial charge on any atom is -0.373 e. The highest BCUT2D eigenvalue weighted by molar-refractivity contribution is 5.78. The van der Waals surface area contributed by atoms with Gasteiger partial charge in [0.25, 0.3) is 0 Å². The van der Waals surface area contributed by atoms with Crippen LogP contribution in [0.15, 0.2) is 30.8 Å². The van der Waals surface area contributed by atoms with Crippen LogP contribution in [0.1, 0.15) is 62.0 Å². The maximum absolute atomic E-state index is 12.4. The van der Waals surface area contributed by atoms with E-state index in [4.69, 9.17) is 0 Å². The molecule has 1 heterocycles. The minimum absolute atomic E-state index is 0.00572. The Morgan fingerprint density at radius 2 is 1.86 bits per heavy atom. The van der Waals surface area contributed by atoms with Gasteiger partial charge in [-0.25, -0.2) is 0 Å². The van der Waals surface area contributed by atoms with E-state index in [9.17, 15) is 9.90 Å². The summed E-state index contributed by atoms with van der Waals surface area (Å²) in [5.41, 5.74) is 2.17. The Labute approximate surface area is 132 Å². The molecule has 1 aromatic carbocycles. The van der Waals surface area contributed by atoms with E-state index in [0.29, 0.717) is 12.8 Å². The molecule has 1 saturated carbocycles. The normalized spacial score (nSPS) is 27.0. The second-order valence-electron chi connectivity index (χ2n) is 6.48. The number of aliphatic hydroxyl groups excluding tert-OH is 1. The third-order valence-corrected chi connectivity index (χ3v) is 5.19. The largest absolute Gasteiger partial charge is 0.373 e. The molecule has 3 heteroatoms. The van der Waals surface area contributed by atoms with Gasteiger partial charge in [-0.15, -0.1) is 0 Å². The Balaban J connectivity index is 1.87. The topological polar surface area (TPSA) is 40.5 Å². The van der Waals surface area contributed by atoms with Crippen LogP contribution >= 0.6 is 0 Å². The average molecular weight is 299 g/mol. The molecule has 0 unspecified atom stereocenters. The number of aliphatic hydroxyl groups is 1. The van der Waals surface area contributed by atoms with Gasteiger partial charge in [-0.1, -0.05) is 56.2 Å². The SMILES string of the molecule is C=Cc1ccccc1[C@H]1CCC(=O)N(C2CCCCC2)[C@H]1O. The summed E-state index contributed by atoms with van der Waals surface area (Å²) in [6, 6.07) is 8.28. The molecule has 118 valence electrons. The maximum atomic E-state index is 12.4. The minimum atomic E-state index is -0.703. The molecule has 1 aliphatic carbocycles. The van der Waals surface area contributed by atoms with Crippen LogP contribution in [0.3, 0.4) is 0 Å². The van der Waals surface area contributed by atoms with Crippen molar-refractivity contribution in [2.24, 2.45) is 0 Å². The molecule has 0 aromatic heterocycles. The van der Waals surface area contributed by atoms with E-state index in [2.05, 4.69) is 12.6 Å². The van der Waals surface area contributed by atoms with Crippen LogP contribution in [-0.2, 0) is 4.79 Å². The van der Waals surface area contributed by atoms with Crippen molar-refractivity contribution in [3.63, 3.8) is 0 Å². The van der Waals surface area contributed by atoms with Crippen molar-refractivity contribution >= 4 is 12.0 Å². The predicted octanol–water partition coefficient (Wildman–Crippen LogP) is 3.69. The van der Waals surface area contributed by atoms with Crippen molar-refractivity contribution in [2.75, 3.05) is 0 Å². The number of rotatable bonds is 3. The summed E-state index contributed by atoms with van der Waals surface area (Å²) >= 11 is 0. The zero-order valence-electron chi connectivity index (χ0n) is 13.1. The zero-order chi connectivity index (χ0) is 15.5. The Kier molecular flexibility index (Phi) is 4.63. The summed E-state index contributed by atoms with van der Waals surface area (Å²) in [5, 5.41) is 10.9. The van der Waals surface area contributed by atoms with Gasteiger partial charge in [0.15, 0.2) is 0 Å². The van der Waals surface area contributed by atoms with Gasteiger partial charge in [0.1, 0.15) is 6.23 Å². The van der Waals surface area contributed by atoms with E-state index >= 15 is 0 Å². The molecule has 1 N–H and O–H groups in total. The fourth-order valence-corrected chi connectivity index (χ4v) is 4.03. The predicted molar refractivity (Wildman–Crippen MR) is 88.2 cm³/mol. The van der Waals surface area contributed by atoms with Crippen LogP contribution in [0.4, 0.5) is 0 Å². The lowest BCUT2D eigenvalue weighted by Crippen LogP contribution is -2.53. The Morgan fingerprint density at radius 3 is 2.59 bits per heavy atom. The first-order valence-electron chi connectivity index (χ1n) is 8.43. The molecule has 1 saturated heterocycles. The van der Waals surface area contributed by atoms with Crippen molar-refractivity contribution < 1.29 is 9.90 Å². The van der Waals surface area contributed by atoms with Crippen LogP contribution in [0.2, 0.25) is 0 Å². The van der Waals surface area contributed by atoms with E-state index in [1.54, 1.807) is 4.90 Å². The van der Waals surface area contributed by atoms with Gasteiger partial charge < -0.3 is 10.0 Å². The molecule has 2 aliphatic rings. The third-order valence-electron chi connectivity index (χ3n) is 5.19. The smallest absolute Gasteiger partial charge is 0.224 e. The van der Waals surface area contributed by atoms with Gasteiger partial charge in [-0.05, 0) is 30.4 Å². The standard InChI is InChI=1S/C19H25NO2/c1-2-14-8-6-7-11-16(14)17-12-13-18(21)20(19(17)22)15-9-4-3-5-10-15/h2,6-8,11,15,17,19,22H,1,3-5,9-10,12-13H2/t17-,19+/m1/s1. The molecule has 1 aliphatic heterocycles. The monoisotopic (exact) mass is 299 g/mol. The van der Waals surface area contributed by atoms with Crippen LogP contribution < -0.4 is 0 Å². The second kappa shape index (κ2) is 6.66. The lowest BCUT2D eigenvalue weighted by molar-refractivity contribution is -0.155. The fourth-order valence-electron chi connectivity index (χ4n) is 4.03. The van der Waals surface area contributed by atoms with Crippen molar-refractivity contribution in [3.8, 4) is 0 Å². The number of likely N-dealkylation sites (tertiary alicyclic amines) is 1. The van der Waals surface area contributed by atoms with E-state index in [-0.39, 0.29) is 17.9 Å². The Hall–Kier alpha value is -1.61. The third kappa shape index (κ3) is 2.82. The maximum Gasteiger partial charge on any atom is 0.224 e. The molecule has 0 spiro atoms. The molecule has 2 atom stereocenters. The van der Waals surface area contributed by atoms with Gasteiger partial charge in [-0.2, -0.15) is 0 Å². The number of carbonyl (C=O) groups is 1. The van der Waals surface area contributed by atoms with Crippen LogP contribution in [0.5, 0.6) is 0 Å². The molecular formula is C19H25NO2. The van der Waals surface area contributed by atoms with Crippen molar-refractivity contribution in [1.82, 2.24) is 4.90 Å². The summed E-state index contributed by atoms with van der Waals surface area (Å²) in [5.74, 6) is 0.112. The quantitative estimate of drug-likeness (QED) is 0.924. The number of benzene rings is 1. The Bertz CT molecular complexity index is 548. The van der Waals surface area contributed by atoms with Crippen LogP contribution in [-0.4, -0.2) is 28.2 Å². The first-order chi connectivity index (χ1) is 10.7. The highest BCUT2D eigenvalue weighted by Crippen LogP contribution is 2.37. The van der Waals surface area contributed by atoms with E-state index in [0.717, 1.165) is 36.8 Å². The fraction of sp³-hybridized carbons (Fsp3) is 0.526. The Morgan fingerprint density at radius 1 is 1.14 bits per heavy atom. The van der Waals surface area contributed by atoms with Crippen LogP contribution in [0, 0.1) is 0 Å². The van der Waals surface area contributed by atoms with Gasteiger partial charge in [0.05, 0.1) is 0 Å². The van der Waals surface area contributed by atoms with Crippen molar-refractivity contribution in [2.45, 2.75) is 63.1 Å². The van der Waals surface area contributed by atoms with E-state index in [1.807, 2.05) is 24.3 Å². The highest BCUT2D eigenvalue weighted by atomic mass is 16.3. The number of hydrogen-bond acceptors (Lipinski definition) is 2. The average Bonchev–Trinajstić information content (AvgIpc) is 2.56. The second-order valence-corrected chi connectivity index (χ2v) is 6.48. The number of piperidine rings is 1. The van der Waals surface area contributed by atoms with Crippen molar-refractivity contribution in [1.29, 1.82) is 0 Å². The number of nitrogens with zero attached hydrogens (tertiary/aromatic N) is 1. The van der Waals surface area contributed by atoms with Gasteiger partial charge in [0.2, 0.25) is 5.91 Å². The van der Waals surface area contributed by atoms with E-state index < -0.39 is 6.23 Å². The molecular weight excluding hydrogens is 274 g/mol. The molecule has 2 fully saturated rings. The lowest BCUT2D eigenvalue weighted by atomic mass is 9.83. The molecule has 22 heavy (non-hydrogen) atoms. The van der Waals surface area contributed by atoms with Gasteiger partial charge >= 0.3 is 0 Å². The summed E-state index contributed by atoms with van der Waals surface area (Å²) in [6.45, 7) is 3.87. The first kappa shape index (κ1) is 15.3. The summed E-state index contributed by atoms with van der Waals surface area (Å²) < 4.78 is 0.